The SMILES string of the molecule is C[C@H]1O[C@H](OC[C@H]2NC[C@@H](O)[C@@H](O)[C@@H]2O)[C@@H](O)[C@@H](O)[C@@H]1O. The highest BCUT2D eigenvalue weighted by atomic mass is 16.7. The molecule has 0 aliphatic carbocycles. The Balaban J connectivity index is 1.88. The maximum absolute atomic E-state index is 9.80. The third kappa shape index (κ3) is 3.52. The van der Waals surface area contributed by atoms with Crippen LogP contribution in [0.1, 0.15) is 6.92 Å². The first-order valence-electron chi connectivity index (χ1n) is 6.91. The van der Waals surface area contributed by atoms with Crippen LogP contribution in [0.5, 0.6) is 0 Å². The first kappa shape index (κ1) is 17.0. The number of β-amino-alcohol motifs (C(OH)–C–C–N with tert-alkyl or cyclic N) is 1. The van der Waals surface area contributed by atoms with Gasteiger partial charge in [-0.15, -0.1) is 0 Å². The second kappa shape index (κ2) is 6.82. The van der Waals surface area contributed by atoms with Crippen molar-refractivity contribution in [2.75, 3.05) is 13.2 Å². The molecule has 0 amide bonds. The molecule has 9 heteroatoms. The van der Waals surface area contributed by atoms with Crippen molar-refractivity contribution in [3.05, 3.63) is 0 Å². The summed E-state index contributed by atoms with van der Waals surface area (Å²) in [5, 5.41) is 60.6. The summed E-state index contributed by atoms with van der Waals surface area (Å²) in [5.74, 6) is 0. The van der Waals surface area contributed by atoms with Crippen molar-refractivity contribution in [2.45, 2.75) is 62.0 Å². The fourth-order valence-electron chi connectivity index (χ4n) is 2.49. The monoisotopic (exact) mass is 309 g/mol. The maximum Gasteiger partial charge on any atom is 0.186 e. The molecule has 0 spiro atoms. The van der Waals surface area contributed by atoms with Crippen molar-refractivity contribution in [2.24, 2.45) is 0 Å². The fourth-order valence-corrected chi connectivity index (χ4v) is 2.49. The van der Waals surface area contributed by atoms with Gasteiger partial charge < -0.3 is 45.4 Å². The van der Waals surface area contributed by atoms with E-state index in [1.165, 1.54) is 6.92 Å². The molecule has 2 heterocycles. The number of ether oxygens (including phenoxy) is 2. The van der Waals surface area contributed by atoms with Crippen LogP contribution < -0.4 is 5.32 Å². The van der Waals surface area contributed by atoms with Crippen LogP contribution in [0.25, 0.3) is 0 Å². The molecule has 2 aliphatic heterocycles. The van der Waals surface area contributed by atoms with Gasteiger partial charge in [-0.1, -0.05) is 0 Å². The van der Waals surface area contributed by atoms with Gasteiger partial charge in [0.25, 0.3) is 0 Å². The Bertz CT molecular complexity index is 345. The van der Waals surface area contributed by atoms with Crippen molar-refractivity contribution in [3.8, 4) is 0 Å². The summed E-state index contributed by atoms with van der Waals surface area (Å²) in [5.41, 5.74) is 0. The second-order valence-electron chi connectivity index (χ2n) is 5.58. The van der Waals surface area contributed by atoms with Gasteiger partial charge in [0.05, 0.1) is 31.0 Å². The van der Waals surface area contributed by atoms with E-state index in [0.29, 0.717) is 0 Å². The molecule has 0 radical (unpaired) electrons. The van der Waals surface area contributed by atoms with Gasteiger partial charge in [-0.2, -0.15) is 0 Å². The normalized spacial score (nSPS) is 51.9. The summed E-state index contributed by atoms with van der Waals surface area (Å²) >= 11 is 0. The lowest BCUT2D eigenvalue weighted by Gasteiger charge is -2.41. The van der Waals surface area contributed by atoms with Crippen molar-refractivity contribution < 1.29 is 40.1 Å². The second-order valence-corrected chi connectivity index (χ2v) is 5.58. The molecule has 0 aromatic carbocycles. The van der Waals surface area contributed by atoms with Gasteiger partial charge >= 0.3 is 0 Å². The van der Waals surface area contributed by atoms with Crippen LogP contribution in [0, 0.1) is 0 Å². The van der Waals surface area contributed by atoms with E-state index in [2.05, 4.69) is 5.32 Å². The number of rotatable bonds is 3. The Morgan fingerprint density at radius 2 is 1.62 bits per heavy atom. The first-order chi connectivity index (χ1) is 9.82. The smallest absolute Gasteiger partial charge is 0.186 e. The van der Waals surface area contributed by atoms with Gasteiger partial charge in [0.15, 0.2) is 6.29 Å². The van der Waals surface area contributed by atoms with Gasteiger partial charge in [0.2, 0.25) is 0 Å². The predicted molar refractivity (Wildman–Crippen MR) is 68.1 cm³/mol. The number of hydrogen-bond acceptors (Lipinski definition) is 9. The van der Waals surface area contributed by atoms with Gasteiger partial charge in [-0.25, -0.2) is 0 Å². The van der Waals surface area contributed by atoms with E-state index in [4.69, 9.17) is 9.47 Å². The average Bonchev–Trinajstić information content (AvgIpc) is 2.46. The van der Waals surface area contributed by atoms with E-state index in [-0.39, 0.29) is 13.2 Å². The molecule has 2 fully saturated rings. The molecule has 21 heavy (non-hydrogen) atoms. The van der Waals surface area contributed by atoms with E-state index < -0.39 is 55.1 Å². The van der Waals surface area contributed by atoms with E-state index in [9.17, 15) is 30.6 Å². The van der Waals surface area contributed by atoms with Gasteiger partial charge in [-0.3, -0.25) is 0 Å². The van der Waals surface area contributed by atoms with Crippen LogP contribution in [0.2, 0.25) is 0 Å². The van der Waals surface area contributed by atoms with Crippen molar-refractivity contribution in [3.63, 3.8) is 0 Å². The highest BCUT2D eigenvalue weighted by Crippen LogP contribution is 2.22. The highest BCUT2D eigenvalue weighted by molar-refractivity contribution is 4.93. The Hall–Kier alpha value is -0.360. The Kier molecular flexibility index (Phi) is 5.52. The largest absolute Gasteiger partial charge is 0.389 e. The molecule has 0 aromatic rings. The van der Waals surface area contributed by atoms with Gasteiger partial charge in [-0.05, 0) is 6.92 Å². The van der Waals surface area contributed by atoms with Crippen LogP contribution in [-0.4, -0.2) is 98.9 Å². The number of aliphatic hydroxyl groups is 6. The predicted octanol–water partition coefficient (Wildman–Crippen LogP) is -4.11. The van der Waals surface area contributed by atoms with Crippen molar-refractivity contribution in [1.82, 2.24) is 5.32 Å². The molecule has 7 N–H and O–H groups in total. The zero-order chi connectivity index (χ0) is 15.7. The molecule has 0 unspecified atom stereocenters. The lowest BCUT2D eigenvalue weighted by molar-refractivity contribution is -0.296. The number of piperidine rings is 1. The molecule has 2 saturated heterocycles. The molecule has 0 bridgehead atoms. The average molecular weight is 309 g/mol. The minimum atomic E-state index is -1.42. The number of nitrogens with one attached hydrogen (secondary N) is 1. The quantitative estimate of drug-likeness (QED) is 0.276. The van der Waals surface area contributed by atoms with Gasteiger partial charge in [0.1, 0.15) is 24.4 Å². The van der Waals surface area contributed by atoms with Crippen LogP contribution in [-0.2, 0) is 9.47 Å². The molecule has 2 aliphatic rings. The molecular weight excluding hydrogens is 286 g/mol. The van der Waals surface area contributed by atoms with Crippen LogP contribution in [0.4, 0.5) is 0 Å². The maximum atomic E-state index is 9.80. The number of hydrogen-bond donors (Lipinski definition) is 7. The van der Waals surface area contributed by atoms with Gasteiger partial charge in [0, 0.05) is 6.54 Å². The Labute approximate surface area is 121 Å². The molecule has 9 atom stereocenters. The summed E-state index contributed by atoms with van der Waals surface area (Å²) in [6.07, 6.45) is -9.49. The standard InChI is InChI=1S/C12H23NO8/c1-4-7(15)10(18)11(19)12(21-4)20-3-5-8(16)9(17)6(14)2-13-5/h4-19H,2-3H2,1H3/t4-,5-,6-,7-,8-,9-,10+,11+,12+/m1/s1. The highest BCUT2D eigenvalue weighted by Gasteiger charge is 2.43. The van der Waals surface area contributed by atoms with E-state index in [1.54, 1.807) is 0 Å². The Morgan fingerprint density at radius 1 is 0.952 bits per heavy atom. The zero-order valence-electron chi connectivity index (χ0n) is 11.6. The molecule has 0 saturated carbocycles. The molecule has 0 aromatic heterocycles. The molecule has 124 valence electrons. The summed E-state index contributed by atoms with van der Waals surface area (Å²) in [4.78, 5) is 0. The lowest BCUT2D eigenvalue weighted by Crippen LogP contribution is -2.62. The van der Waals surface area contributed by atoms with Crippen LogP contribution in [0.15, 0.2) is 0 Å². The minimum Gasteiger partial charge on any atom is -0.389 e. The summed E-state index contributed by atoms with van der Waals surface area (Å²) < 4.78 is 10.6. The summed E-state index contributed by atoms with van der Waals surface area (Å²) in [7, 11) is 0. The molecule has 9 nitrogen and oxygen atoms in total. The lowest BCUT2D eigenvalue weighted by atomic mass is 9.96. The van der Waals surface area contributed by atoms with Crippen molar-refractivity contribution >= 4 is 0 Å². The molecule has 2 rings (SSSR count). The van der Waals surface area contributed by atoms with E-state index in [0.717, 1.165) is 0 Å². The number of aliphatic hydroxyl groups excluding tert-OH is 6. The summed E-state index contributed by atoms with van der Waals surface area (Å²) in [6, 6.07) is -0.654. The van der Waals surface area contributed by atoms with E-state index in [1.807, 2.05) is 0 Å². The Morgan fingerprint density at radius 3 is 2.29 bits per heavy atom. The van der Waals surface area contributed by atoms with Crippen molar-refractivity contribution in [1.29, 1.82) is 0 Å². The summed E-state index contributed by atoms with van der Waals surface area (Å²) in [6.45, 7) is 1.52. The van der Waals surface area contributed by atoms with E-state index >= 15 is 0 Å². The first-order valence-corrected chi connectivity index (χ1v) is 6.91. The fraction of sp³-hybridized carbons (Fsp3) is 1.00. The van der Waals surface area contributed by atoms with Crippen LogP contribution in [0.3, 0.4) is 0 Å². The minimum absolute atomic E-state index is 0.0953. The zero-order valence-corrected chi connectivity index (χ0v) is 11.6. The third-order valence-corrected chi connectivity index (χ3v) is 3.99. The topological polar surface area (TPSA) is 152 Å². The van der Waals surface area contributed by atoms with Crippen LogP contribution >= 0.6 is 0 Å². The third-order valence-electron chi connectivity index (χ3n) is 3.99. The molecular formula is C12H23NO8.